The van der Waals surface area contributed by atoms with E-state index in [2.05, 4.69) is 47.0 Å². The van der Waals surface area contributed by atoms with Gasteiger partial charge in [0.1, 0.15) is 5.56 Å². The van der Waals surface area contributed by atoms with Crippen molar-refractivity contribution in [2.45, 2.75) is 33.6 Å². The summed E-state index contributed by atoms with van der Waals surface area (Å²) in [5, 5.41) is 3.65. The second kappa shape index (κ2) is 6.65. The van der Waals surface area contributed by atoms with Crippen LogP contribution in [0.3, 0.4) is 0 Å². The molecule has 0 saturated carbocycles. The van der Waals surface area contributed by atoms with Gasteiger partial charge in [0, 0.05) is 21.9 Å². The fourth-order valence-electron chi connectivity index (χ4n) is 2.26. The van der Waals surface area contributed by atoms with E-state index in [1.54, 1.807) is 6.07 Å². The van der Waals surface area contributed by atoms with Crippen LogP contribution in [0.15, 0.2) is 33.5 Å². The van der Waals surface area contributed by atoms with Gasteiger partial charge in [0.15, 0.2) is 0 Å². The average molecular weight is 365 g/mol. The Kier molecular flexibility index (Phi) is 5.06. The summed E-state index contributed by atoms with van der Waals surface area (Å²) in [7, 11) is 0. The molecule has 5 heteroatoms. The Hall–Kier alpha value is -1.62. The number of hydrogen-bond acceptors (Lipinski definition) is 2. The van der Waals surface area contributed by atoms with E-state index in [9.17, 15) is 9.59 Å². The van der Waals surface area contributed by atoms with Crippen molar-refractivity contribution in [1.29, 1.82) is 0 Å². The summed E-state index contributed by atoms with van der Waals surface area (Å²) >= 11 is 3.39. The highest BCUT2D eigenvalue weighted by Crippen LogP contribution is 2.20. The van der Waals surface area contributed by atoms with Crippen LogP contribution in [0.25, 0.3) is 10.9 Å². The number of carbonyl (C=O) groups is 1. The van der Waals surface area contributed by atoms with E-state index < -0.39 is 0 Å². The van der Waals surface area contributed by atoms with Gasteiger partial charge in [0.2, 0.25) is 0 Å². The highest BCUT2D eigenvalue weighted by atomic mass is 79.9. The standard InChI is InChI=1S/C17H21BrN2O2/c1-17(2,3)7-4-8-19-15(21)13-10-11-9-12(18)5-6-14(11)20-16(13)22/h5-6,9-10H,4,7-8H2,1-3H3,(H,19,21)(H,20,22). The van der Waals surface area contributed by atoms with Crippen molar-refractivity contribution in [1.82, 2.24) is 10.3 Å². The van der Waals surface area contributed by atoms with Crippen molar-refractivity contribution >= 4 is 32.7 Å². The molecule has 1 heterocycles. The van der Waals surface area contributed by atoms with Gasteiger partial charge in [-0.3, -0.25) is 9.59 Å². The predicted molar refractivity (Wildman–Crippen MR) is 93.3 cm³/mol. The lowest BCUT2D eigenvalue weighted by molar-refractivity contribution is 0.0950. The van der Waals surface area contributed by atoms with Crippen LogP contribution in [0.1, 0.15) is 44.0 Å². The van der Waals surface area contributed by atoms with Crippen LogP contribution in [-0.4, -0.2) is 17.4 Å². The van der Waals surface area contributed by atoms with Crippen LogP contribution >= 0.6 is 15.9 Å². The van der Waals surface area contributed by atoms with Crippen LogP contribution < -0.4 is 10.9 Å². The van der Waals surface area contributed by atoms with Crippen molar-refractivity contribution in [3.8, 4) is 0 Å². The second-order valence-corrected chi connectivity index (χ2v) is 7.58. The summed E-state index contributed by atoms with van der Waals surface area (Å²) in [4.78, 5) is 26.9. The normalized spacial score (nSPS) is 11.6. The Morgan fingerprint density at radius 2 is 2.00 bits per heavy atom. The average Bonchev–Trinajstić information content (AvgIpc) is 2.42. The zero-order chi connectivity index (χ0) is 16.3. The molecule has 2 rings (SSSR count). The smallest absolute Gasteiger partial charge is 0.261 e. The van der Waals surface area contributed by atoms with Gasteiger partial charge in [-0.25, -0.2) is 0 Å². The molecule has 0 aliphatic heterocycles. The first-order valence-corrected chi connectivity index (χ1v) is 8.16. The number of H-pyrrole nitrogens is 1. The third-order valence-corrected chi connectivity index (χ3v) is 3.93. The number of aromatic nitrogens is 1. The number of rotatable bonds is 4. The van der Waals surface area contributed by atoms with Crippen LogP contribution in [0.4, 0.5) is 0 Å². The maximum absolute atomic E-state index is 12.2. The second-order valence-electron chi connectivity index (χ2n) is 6.66. The first kappa shape index (κ1) is 16.7. The summed E-state index contributed by atoms with van der Waals surface area (Å²) < 4.78 is 0.906. The zero-order valence-corrected chi connectivity index (χ0v) is 14.7. The van der Waals surface area contributed by atoms with Crippen LogP contribution in [0.2, 0.25) is 0 Å². The lowest BCUT2D eigenvalue weighted by Crippen LogP contribution is -2.30. The lowest BCUT2D eigenvalue weighted by atomic mass is 9.91. The van der Waals surface area contributed by atoms with E-state index in [1.165, 1.54) is 0 Å². The quantitative estimate of drug-likeness (QED) is 0.809. The molecular formula is C17H21BrN2O2. The van der Waals surface area contributed by atoms with Gasteiger partial charge in [-0.05, 0) is 42.5 Å². The van der Waals surface area contributed by atoms with Crippen molar-refractivity contribution in [2.24, 2.45) is 5.41 Å². The number of pyridine rings is 1. The van der Waals surface area contributed by atoms with Crippen LogP contribution in [0, 0.1) is 5.41 Å². The molecule has 0 radical (unpaired) electrons. The molecule has 1 aromatic heterocycles. The summed E-state index contributed by atoms with van der Waals surface area (Å²) in [6.07, 6.45) is 1.92. The molecular weight excluding hydrogens is 344 g/mol. The maximum Gasteiger partial charge on any atom is 0.261 e. The monoisotopic (exact) mass is 364 g/mol. The first-order chi connectivity index (χ1) is 10.3. The number of hydrogen-bond donors (Lipinski definition) is 2. The molecule has 0 atom stereocenters. The summed E-state index contributed by atoms with van der Waals surface area (Å²) in [6, 6.07) is 7.18. The van der Waals surface area contributed by atoms with Gasteiger partial charge in [-0.15, -0.1) is 0 Å². The minimum atomic E-state index is -0.358. The fraction of sp³-hybridized carbons (Fsp3) is 0.412. The molecule has 1 amide bonds. The Morgan fingerprint density at radius 1 is 1.27 bits per heavy atom. The summed E-state index contributed by atoms with van der Waals surface area (Å²) in [6.45, 7) is 7.08. The van der Waals surface area contributed by atoms with E-state index >= 15 is 0 Å². The molecule has 4 nitrogen and oxygen atoms in total. The van der Waals surface area contributed by atoms with Gasteiger partial charge >= 0.3 is 0 Å². The van der Waals surface area contributed by atoms with Gasteiger partial charge < -0.3 is 10.3 Å². The van der Waals surface area contributed by atoms with E-state index in [0.717, 1.165) is 28.2 Å². The van der Waals surface area contributed by atoms with E-state index in [0.29, 0.717) is 6.54 Å². The maximum atomic E-state index is 12.2. The van der Waals surface area contributed by atoms with Gasteiger partial charge in [0.25, 0.3) is 11.5 Å². The van der Waals surface area contributed by atoms with Crippen molar-refractivity contribution < 1.29 is 4.79 Å². The fourth-order valence-corrected chi connectivity index (χ4v) is 2.64. The Balaban J connectivity index is 2.11. The van der Waals surface area contributed by atoms with E-state index in [4.69, 9.17) is 0 Å². The predicted octanol–water partition coefficient (Wildman–Crippen LogP) is 3.85. The van der Waals surface area contributed by atoms with Crippen molar-refractivity contribution in [2.75, 3.05) is 6.54 Å². The molecule has 0 aliphatic rings. The molecule has 0 fully saturated rings. The molecule has 118 valence electrons. The largest absolute Gasteiger partial charge is 0.352 e. The summed E-state index contributed by atoms with van der Waals surface area (Å²) in [5.74, 6) is -0.322. The van der Waals surface area contributed by atoms with Crippen molar-refractivity contribution in [3.05, 3.63) is 44.7 Å². The van der Waals surface area contributed by atoms with Gasteiger partial charge in [-0.1, -0.05) is 36.7 Å². The number of carbonyl (C=O) groups excluding carboxylic acids is 1. The lowest BCUT2D eigenvalue weighted by Gasteiger charge is -2.17. The van der Waals surface area contributed by atoms with Crippen LogP contribution in [-0.2, 0) is 0 Å². The minimum absolute atomic E-state index is 0.154. The number of nitrogens with one attached hydrogen (secondary N) is 2. The molecule has 0 saturated heterocycles. The molecule has 0 spiro atoms. The van der Waals surface area contributed by atoms with Crippen molar-refractivity contribution in [3.63, 3.8) is 0 Å². The van der Waals surface area contributed by atoms with Gasteiger partial charge in [0.05, 0.1) is 0 Å². The molecule has 2 N–H and O–H groups in total. The number of amides is 1. The Bertz CT molecular complexity index is 744. The van der Waals surface area contributed by atoms with Gasteiger partial charge in [-0.2, -0.15) is 0 Å². The third-order valence-electron chi connectivity index (χ3n) is 3.44. The third kappa shape index (κ3) is 4.44. The number of aromatic amines is 1. The molecule has 2 aromatic rings. The molecule has 1 aromatic carbocycles. The minimum Gasteiger partial charge on any atom is -0.352 e. The topological polar surface area (TPSA) is 62.0 Å². The van der Waals surface area contributed by atoms with E-state index in [1.807, 2.05) is 18.2 Å². The number of benzene rings is 1. The molecule has 0 aliphatic carbocycles. The molecule has 0 unspecified atom stereocenters. The van der Waals surface area contributed by atoms with E-state index in [-0.39, 0.29) is 22.4 Å². The Labute approximate surface area is 138 Å². The highest BCUT2D eigenvalue weighted by Gasteiger charge is 2.13. The molecule has 0 bridgehead atoms. The highest BCUT2D eigenvalue weighted by molar-refractivity contribution is 9.10. The SMILES string of the molecule is CC(C)(C)CCCNC(=O)c1cc2cc(Br)ccc2[nH]c1=O. The summed E-state index contributed by atoms with van der Waals surface area (Å²) in [5.41, 5.74) is 0.763. The zero-order valence-electron chi connectivity index (χ0n) is 13.1. The number of fused-ring (bicyclic) bond motifs is 1. The van der Waals surface area contributed by atoms with Crippen LogP contribution in [0.5, 0.6) is 0 Å². The Morgan fingerprint density at radius 3 is 2.68 bits per heavy atom. The number of halogens is 1. The first-order valence-electron chi connectivity index (χ1n) is 7.37. The molecule has 22 heavy (non-hydrogen) atoms.